The molecule has 2 heterocycles. The van der Waals surface area contributed by atoms with E-state index in [0.29, 0.717) is 0 Å². The second-order valence-corrected chi connectivity index (χ2v) is 46.3. The van der Waals surface area contributed by atoms with E-state index < -0.39 is 36.8 Å². The van der Waals surface area contributed by atoms with E-state index in [4.69, 9.17) is 0 Å². The van der Waals surface area contributed by atoms with Crippen LogP contribution in [0.2, 0.25) is 29.6 Å². The van der Waals surface area contributed by atoms with Crippen LogP contribution in [0.5, 0.6) is 0 Å². The van der Waals surface area contributed by atoms with Gasteiger partial charge >= 0.3 is 242 Å². The van der Waals surface area contributed by atoms with Gasteiger partial charge in [-0.25, -0.2) is 0 Å². The molecule has 2 unspecified atom stereocenters. The first-order valence-electron chi connectivity index (χ1n) is 15.0. The van der Waals surface area contributed by atoms with Crippen LogP contribution >= 0.6 is 22.7 Å². The van der Waals surface area contributed by atoms with Crippen LogP contribution in [0.4, 0.5) is 0 Å². The van der Waals surface area contributed by atoms with Gasteiger partial charge in [-0.05, 0) is 0 Å². The number of rotatable bonds is 14. The second-order valence-electron chi connectivity index (χ2n) is 13.4. The minimum absolute atomic E-state index is 0.821. The zero-order chi connectivity index (χ0) is 26.7. The molecule has 0 fully saturated rings. The van der Waals surface area contributed by atoms with Crippen molar-refractivity contribution in [3.8, 4) is 0 Å². The van der Waals surface area contributed by atoms with E-state index in [0.717, 1.165) is 11.8 Å². The quantitative estimate of drug-likeness (QED) is 0.144. The van der Waals surface area contributed by atoms with E-state index in [1.165, 1.54) is 64.2 Å². The van der Waals surface area contributed by atoms with Crippen LogP contribution in [0, 0.1) is 11.8 Å². The van der Waals surface area contributed by atoms with Crippen LogP contribution in [-0.2, 0) is 12.8 Å². The molecule has 0 aliphatic carbocycles. The van der Waals surface area contributed by atoms with Gasteiger partial charge in [0.2, 0.25) is 0 Å². The van der Waals surface area contributed by atoms with Crippen molar-refractivity contribution >= 4 is 85.4 Å². The molecule has 1 aromatic carbocycles. The van der Waals surface area contributed by atoms with Gasteiger partial charge in [0, 0.05) is 0 Å². The Bertz CT molecular complexity index is 1030. The van der Waals surface area contributed by atoms with E-state index in [2.05, 4.69) is 92.1 Å². The summed E-state index contributed by atoms with van der Waals surface area (Å²) in [6, 6.07) is 5.43. The van der Waals surface area contributed by atoms with E-state index >= 15 is 0 Å². The van der Waals surface area contributed by atoms with Crippen molar-refractivity contribution in [2.75, 3.05) is 0 Å². The molecule has 0 bridgehead atoms. The number of hydrogen-bond donors (Lipinski definition) is 0. The van der Waals surface area contributed by atoms with Crippen LogP contribution in [0.25, 0.3) is 20.2 Å². The van der Waals surface area contributed by atoms with Crippen LogP contribution in [-0.4, -0.2) is 36.8 Å². The van der Waals surface area contributed by atoms with Crippen molar-refractivity contribution in [3.63, 3.8) is 0 Å². The predicted molar refractivity (Wildman–Crippen MR) is 177 cm³/mol. The summed E-state index contributed by atoms with van der Waals surface area (Å²) in [5.41, 5.74) is 3.53. The van der Waals surface area contributed by atoms with Gasteiger partial charge in [0.25, 0.3) is 0 Å². The molecule has 4 heteroatoms. The summed E-state index contributed by atoms with van der Waals surface area (Å²) in [6.45, 7) is 9.59. The van der Waals surface area contributed by atoms with Crippen molar-refractivity contribution in [1.82, 2.24) is 0 Å². The Morgan fingerprint density at radius 3 is 1.25 bits per heavy atom. The SMILES string of the molecule is CCCCC(CC)Cc1c(CC(CC)CCCC)c2c[c]([Sn]([CH3])([CH3])[CH3])sc2c2s[c]([Sn]([CH3])([CH3])[CH3])cc12. The van der Waals surface area contributed by atoms with E-state index in [1.54, 1.807) is 37.1 Å². The standard InChI is InChI=1S/C26H36S2.6CH3.2Sn/c1-5-9-11-19(7-3)17-23-21-13-15-27-25(21)26-22(14-16-28-26)24(23)18-20(8-4)12-10-6-2;;;;;;;;/h13-14,19-20H,5-12,17-18H2,1-4H3;6*1H3;;. The number of fused-ring (bicyclic) bond motifs is 3. The average molecular weight is 740 g/mol. The van der Waals surface area contributed by atoms with E-state index in [1.807, 2.05) is 0 Å². The molecule has 0 saturated carbocycles. The summed E-state index contributed by atoms with van der Waals surface area (Å²) in [6.07, 6.45) is 13.4. The molecule has 3 aromatic rings. The summed E-state index contributed by atoms with van der Waals surface area (Å²) in [4.78, 5) is 15.6. The van der Waals surface area contributed by atoms with Gasteiger partial charge in [0.15, 0.2) is 0 Å². The molecule has 0 aliphatic rings. The summed E-state index contributed by atoms with van der Waals surface area (Å²) in [5.74, 6) is 1.64. The van der Waals surface area contributed by atoms with Crippen molar-refractivity contribution < 1.29 is 0 Å². The Balaban J connectivity index is 2.33. The average Bonchev–Trinajstić information content (AvgIpc) is 3.45. The third-order valence-corrected chi connectivity index (χ3v) is 29.5. The van der Waals surface area contributed by atoms with Gasteiger partial charge in [0.05, 0.1) is 0 Å². The molecule has 2 aromatic heterocycles. The van der Waals surface area contributed by atoms with Gasteiger partial charge in [-0.2, -0.15) is 0 Å². The molecule has 0 aliphatic heterocycles. The molecule has 3 rings (SSSR count). The van der Waals surface area contributed by atoms with Crippen LogP contribution in [0.1, 0.15) is 90.2 Å². The molecule has 0 radical (unpaired) electrons. The Labute approximate surface area is 239 Å². The van der Waals surface area contributed by atoms with Crippen molar-refractivity contribution in [2.45, 2.75) is 122 Å². The molecule has 2 atom stereocenters. The fourth-order valence-electron chi connectivity index (χ4n) is 5.56. The first-order chi connectivity index (χ1) is 16.9. The first-order valence-corrected chi connectivity index (χ1v) is 36.6. The normalized spacial score (nSPS) is 14.7. The molecule has 202 valence electrons. The third kappa shape index (κ3) is 7.47. The van der Waals surface area contributed by atoms with Crippen molar-refractivity contribution in [1.29, 1.82) is 0 Å². The molecule has 0 saturated heterocycles. The van der Waals surface area contributed by atoms with Crippen molar-refractivity contribution in [2.24, 2.45) is 11.8 Å². The maximum absolute atomic E-state index is 2.72. The Hall–Kier alpha value is 0.737. The summed E-state index contributed by atoms with van der Waals surface area (Å²) in [5, 5.41) is 3.34. The van der Waals surface area contributed by atoms with Gasteiger partial charge in [-0.15, -0.1) is 0 Å². The Morgan fingerprint density at radius 2 is 0.972 bits per heavy atom. The number of hydrogen-bond acceptors (Lipinski definition) is 2. The maximum atomic E-state index is 2.72. The molecule has 0 amide bonds. The summed E-state index contributed by atoms with van der Waals surface area (Å²) >= 11 is 0.0650. The fourth-order valence-corrected chi connectivity index (χ4v) is 18.5. The molecule has 36 heavy (non-hydrogen) atoms. The predicted octanol–water partition coefficient (Wildman–Crippen LogP) is 10.7. The fraction of sp³-hybridized carbons (Fsp3) is 0.688. The molecule has 0 spiro atoms. The second kappa shape index (κ2) is 13.4. The minimum atomic E-state index is -2.17. The zero-order valence-electron chi connectivity index (χ0n) is 25.2. The number of unbranched alkanes of at least 4 members (excludes halogenated alkanes) is 2. The van der Waals surface area contributed by atoms with Crippen molar-refractivity contribution in [3.05, 3.63) is 23.3 Å². The summed E-state index contributed by atoms with van der Waals surface area (Å²) in [7, 11) is 0. The Kier molecular flexibility index (Phi) is 11.6. The van der Waals surface area contributed by atoms with Gasteiger partial charge in [0.1, 0.15) is 0 Å². The van der Waals surface area contributed by atoms with Crippen LogP contribution in [0.3, 0.4) is 0 Å². The molecule has 0 N–H and O–H groups in total. The van der Waals surface area contributed by atoms with Gasteiger partial charge < -0.3 is 0 Å². The van der Waals surface area contributed by atoms with E-state index in [9.17, 15) is 0 Å². The topological polar surface area (TPSA) is 0 Å². The number of thiophene rings is 2. The Morgan fingerprint density at radius 1 is 0.611 bits per heavy atom. The van der Waals surface area contributed by atoms with E-state index in [-0.39, 0.29) is 0 Å². The monoisotopic (exact) mass is 742 g/mol. The third-order valence-electron chi connectivity index (χ3n) is 8.24. The molecular formula is C32H54S2Sn2. The zero-order valence-corrected chi connectivity index (χ0v) is 32.5. The molecular weight excluding hydrogens is 686 g/mol. The molecule has 0 nitrogen and oxygen atoms in total. The summed E-state index contributed by atoms with van der Waals surface area (Å²) < 4.78 is 6.86. The van der Waals surface area contributed by atoms with Crippen LogP contribution in [0.15, 0.2) is 12.1 Å². The number of benzene rings is 1. The first kappa shape index (κ1) is 31.3. The van der Waals surface area contributed by atoms with Crippen LogP contribution < -0.4 is 5.79 Å². The van der Waals surface area contributed by atoms with Gasteiger partial charge in [-0.1, -0.05) is 0 Å². The van der Waals surface area contributed by atoms with Gasteiger partial charge in [-0.3, -0.25) is 0 Å².